The fourth-order valence-corrected chi connectivity index (χ4v) is 8.20. The van der Waals surface area contributed by atoms with Crippen molar-refractivity contribution in [2.45, 2.75) is 50.6 Å². The monoisotopic (exact) mass is 850 g/mol. The predicted octanol–water partition coefficient (Wildman–Crippen LogP) is 9.78. The Labute approximate surface area is 348 Å². The van der Waals surface area contributed by atoms with Crippen molar-refractivity contribution >= 4 is 55.4 Å². The maximum atomic E-state index is 14.1. The van der Waals surface area contributed by atoms with Crippen LogP contribution in [-0.4, -0.2) is 71.0 Å². The number of halogens is 4. The number of benzene rings is 4. The van der Waals surface area contributed by atoms with Crippen molar-refractivity contribution in [3.05, 3.63) is 118 Å². The summed E-state index contributed by atoms with van der Waals surface area (Å²) >= 11 is 6.17. The largest absolute Gasteiger partial charge is 0.456 e. The van der Waals surface area contributed by atoms with E-state index in [4.69, 9.17) is 16.3 Å². The molecule has 0 radical (unpaired) electrons. The molecule has 0 saturated heterocycles. The molecular formula is C44H50ClF3N6O4S. The van der Waals surface area contributed by atoms with E-state index in [9.17, 15) is 26.4 Å². The van der Waals surface area contributed by atoms with Gasteiger partial charge in [0.2, 0.25) is 0 Å². The van der Waals surface area contributed by atoms with Gasteiger partial charge in [0.1, 0.15) is 11.5 Å². The third kappa shape index (κ3) is 11.6. The molecule has 5 aromatic rings. The van der Waals surface area contributed by atoms with E-state index in [0.717, 1.165) is 48.8 Å². The normalized spacial score (nSPS) is 14.5. The molecule has 0 spiro atoms. The van der Waals surface area contributed by atoms with Crippen LogP contribution in [0.15, 0.2) is 102 Å². The Morgan fingerprint density at radius 1 is 0.932 bits per heavy atom. The van der Waals surface area contributed by atoms with E-state index in [2.05, 4.69) is 46.9 Å². The molecule has 59 heavy (non-hydrogen) atoms. The number of anilines is 2. The van der Waals surface area contributed by atoms with Crippen LogP contribution in [0.3, 0.4) is 0 Å². The minimum Gasteiger partial charge on any atom is -0.456 e. The maximum Gasteiger partial charge on any atom is 0.418 e. The molecule has 0 saturated carbocycles. The number of nitrogens with zero attached hydrogens (tertiary/aromatic N) is 1. The van der Waals surface area contributed by atoms with Crippen LogP contribution in [0.1, 0.15) is 61.0 Å². The highest BCUT2D eigenvalue weighted by Crippen LogP contribution is 2.43. The SMILES string of the molecule is CN(C)CCCNc1ccc(S(=O)(=O)NC(=O)c2ccc(NCCNCC3=C(c4ccc(Cl)cc4)CC(C)(C)CC3)cc2Oc2ccc3[nH]ccc3c2)cc1C(F)(F)F. The summed E-state index contributed by atoms with van der Waals surface area (Å²) in [6.45, 7) is 7.34. The van der Waals surface area contributed by atoms with Crippen LogP contribution >= 0.6 is 11.6 Å². The van der Waals surface area contributed by atoms with Gasteiger partial charge >= 0.3 is 6.18 Å². The van der Waals surface area contributed by atoms with E-state index >= 15 is 0 Å². The molecule has 1 aliphatic carbocycles. The number of hydrogen-bond donors (Lipinski definition) is 5. The van der Waals surface area contributed by atoms with E-state index in [0.29, 0.717) is 48.6 Å². The van der Waals surface area contributed by atoms with Crippen molar-refractivity contribution in [2.75, 3.05) is 57.5 Å². The molecule has 1 aromatic heterocycles. The summed E-state index contributed by atoms with van der Waals surface area (Å²) in [5, 5.41) is 11.2. The summed E-state index contributed by atoms with van der Waals surface area (Å²) in [4.78, 5) is 18.0. The Bertz CT molecular complexity index is 2410. The Hall–Kier alpha value is -5.02. The lowest BCUT2D eigenvalue weighted by Crippen LogP contribution is -2.31. The van der Waals surface area contributed by atoms with Gasteiger partial charge < -0.3 is 30.6 Å². The van der Waals surface area contributed by atoms with Crippen LogP contribution in [0.2, 0.25) is 5.02 Å². The number of H-pyrrole nitrogens is 1. The zero-order valence-electron chi connectivity index (χ0n) is 33.5. The van der Waals surface area contributed by atoms with E-state index in [1.807, 2.05) is 48.0 Å². The number of ether oxygens (including phenoxy) is 1. The first-order valence-corrected chi connectivity index (χ1v) is 21.3. The smallest absolute Gasteiger partial charge is 0.418 e. The summed E-state index contributed by atoms with van der Waals surface area (Å²) in [6.07, 6.45) is 0.544. The van der Waals surface area contributed by atoms with Crippen LogP contribution < -0.4 is 25.4 Å². The summed E-state index contributed by atoms with van der Waals surface area (Å²) in [6, 6.07) is 22.4. The van der Waals surface area contributed by atoms with Crippen LogP contribution in [0.4, 0.5) is 24.5 Å². The first kappa shape index (κ1) is 43.6. The highest BCUT2D eigenvalue weighted by Gasteiger charge is 2.35. The molecule has 0 aliphatic heterocycles. The van der Waals surface area contributed by atoms with Gasteiger partial charge in [-0.05, 0) is 130 Å². The molecule has 0 atom stereocenters. The molecule has 1 aliphatic rings. The van der Waals surface area contributed by atoms with Crippen molar-refractivity contribution in [1.29, 1.82) is 0 Å². The molecular weight excluding hydrogens is 801 g/mol. The van der Waals surface area contributed by atoms with Gasteiger partial charge in [0.05, 0.1) is 16.0 Å². The Morgan fingerprint density at radius 3 is 2.46 bits per heavy atom. The van der Waals surface area contributed by atoms with Gasteiger partial charge in [0, 0.05) is 65.7 Å². The van der Waals surface area contributed by atoms with Gasteiger partial charge in [-0.1, -0.05) is 43.2 Å². The number of sulfonamides is 1. The molecule has 1 amide bonds. The quantitative estimate of drug-likeness (QED) is 0.0586. The topological polar surface area (TPSA) is 128 Å². The van der Waals surface area contributed by atoms with Crippen molar-refractivity contribution in [1.82, 2.24) is 19.9 Å². The van der Waals surface area contributed by atoms with Gasteiger partial charge in [-0.2, -0.15) is 13.2 Å². The van der Waals surface area contributed by atoms with Crippen LogP contribution in [0.25, 0.3) is 16.5 Å². The predicted molar refractivity (Wildman–Crippen MR) is 230 cm³/mol. The van der Waals surface area contributed by atoms with Gasteiger partial charge in [-0.3, -0.25) is 4.79 Å². The molecule has 314 valence electrons. The lowest BCUT2D eigenvalue weighted by atomic mass is 9.72. The van der Waals surface area contributed by atoms with Crippen LogP contribution in [0.5, 0.6) is 11.5 Å². The van der Waals surface area contributed by atoms with Gasteiger partial charge in [-0.25, -0.2) is 13.1 Å². The van der Waals surface area contributed by atoms with Crippen LogP contribution in [-0.2, 0) is 16.2 Å². The molecule has 10 nitrogen and oxygen atoms in total. The molecule has 0 bridgehead atoms. The first-order chi connectivity index (χ1) is 28.0. The van der Waals surface area contributed by atoms with E-state index in [1.165, 1.54) is 22.8 Å². The van der Waals surface area contributed by atoms with E-state index in [-0.39, 0.29) is 29.0 Å². The fraction of sp³-hybridized carbons (Fsp3) is 0.341. The van der Waals surface area contributed by atoms with Crippen molar-refractivity contribution < 1.29 is 31.1 Å². The zero-order chi connectivity index (χ0) is 42.4. The van der Waals surface area contributed by atoms with Gasteiger partial charge in [-0.15, -0.1) is 0 Å². The van der Waals surface area contributed by atoms with E-state index in [1.54, 1.807) is 30.5 Å². The maximum absolute atomic E-state index is 14.1. The summed E-state index contributed by atoms with van der Waals surface area (Å²) in [7, 11) is -1.04. The minimum atomic E-state index is -4.86. The molecule has 15 heteroatoms. The number of aromatic nitrogens is 1. The third-order valence-corrected chi connectivity index (χ3v) is 11.8. The number of carbonyl (C=O) groups is 1. The average Bonchev–Trinajstić information content (AvgIpc) is 3.64. The van der Waals surface area contributed by atoms with Crippen molar-refractivity contribution in [3.63, 3.8) is 0 Å². The molecule has 1 heterocycles. The standard InChI is InChI=1S/C44H50ClF3N6O4S/c1-43(2)18-16-31(37(27-43)29-6-8-32(45)9-7-29)28-49-21-22-50-33-10-13-36(41(25-33)58-34-11-14-39-30(24-34)17-20-52-39)42(55)53-59(56,57)35-12-15-40(38(26-35)44(46,47)48)51-19-5-23-54(3)4/h6-15,17,20,24-26,49-52H,5,16,18-19,21-23,27-28H2,1-4H3,(H,53,55). The van der Waals surface area contributed by atoms with Crippen molar-refractivity contribution in [2.24, 2.45) is 5.41 Å². The molecule has 5 N–H and O–H groups in total. The zero-order valence-corrected chi connectivity index (χ0v) is 35.1. The van der Waals surface area contributed by atoms with Crippen LogP contribution in [0, 0.1) is 5.41 Å². The highest BCUT2D eigenvalue weighted by atomic mass is 35.5. The lowest BCUT2D eigenvalue weighted by molar-refractivity contribution is -0.137. The van der Waals surface area contributed by atoms with Crippen molar-refractivity contribution in [3.8, 4) is 11.5 Å². The highest BCUT2D eigenvalue weighted by molar-refractivity contribution is 7.90. The summed E-state index contributed by atoms with van der Waals surface area (Å²) < 4.78 is 77.4. The second-order valence-electron chi connectivity index (χ2n) is 15.8. The van der Waals surface area contributed by atoms with E-state index < -0.39 is 32.6 Å². The average molecular weight is 851 g/mol. The van der Waals surface area contributed by atoms with Gasteiger partial charge in [0.25, 0.3) is 15.9 Å². The molecule has 0 unspecified atom stereocenters. The molecule has 6 rings (SSSR count). The number of aromatic amines is 1. The van der Waals surface area contributed by atoms with Gasteiger partial charge in [0.15, 0.2) is 0 Å². The second kappa shape index (κ2) is 18.5. The second-order valence-corrected chi connectivity index (χ2v) is 17.9. The summed E-state index contributed by atoms with van der Waals surface area (Å²) in [5.74, 6) is -0.645. The minimum absolute atomic E-state index is 0.0429. The Kier molecular flexibility index (Phi) is 13.7. The Balaban J connectivity index is 1.17. The lowest BCUT2D eigenvalue weighted by Gasteiger charge is -2.34. The first-order valence-electron chi connectivity index (χ1n) is 19.4. The number of alkyl halides is 3. The summed E-state index contributed by atoms with van der Waals surface area (Å²) in [5.41, 5.74) is 4.01. The number of fused-ring (bicyclic) bond motifs is 1. The number of amides is 1. The number of carbonyl (C=O) groups excluding carboxylic acids is 1. The number of allylic oxidation sites excluding steroid dienone is 1. The fourth-order valence-electron chi connectivity index (χ4n) is 7.08. The number of nitrogens with one attached hydrogen (secondary N) is 5. The number of hydrogen-bond acceptors (Lipinski definition) is 8. The molecule has 0 fully saturated rings. The Morgan fingerprint density at radius 2 is 1.71 bits per heavy atom. The number of rotatable bonds is 17. The third-order valence-electron chi connectivity index (χ3n) is 10.3. The molecule has 4 aromatic carbocycles.